The Kier molecular flexibility index (Phi) is 26.7. The first-order valence-corrected chi connectivity index (χ1v) is 26.4. The normalized spacial score (nSPS) is 16.2. The first-order valence-electron chi connectivity index (χ1n) is 25.0. The van der Waals surface area contributed by atoms with Gasteiger partial charge >= 0.3 is 5.97 Å². The van der Waals surface area contributed by atoms with E-state index in [1.54, 1.807) is 80.8 Å². The molecule has 1 aliphatic rings. The number of nitrogens with zero attached hydrogens (tertiary/aromatic N) is 2. The second kappa shape index (κ2) is 32.2. The summed E-state index contributed by atoms with van der Waals surface area (Å²) in [5.74, 6) is -8.76. The summed E-state index contributed by atoms with van der Waals surface area (Å²) in [7, 11) is 0. The molecular weight excluding hydrogens is 1010 g/mol. The van der Waals surface area contributed by atoms with E-state index in [1.807, 2.05) is 0 Å². The summed E-state index contributed by atoms with van der Waals surface area (Å²) in [5, 5.41) is 38.1. The monoisotopic (exact) mass is 1080 g/mol. The van der Waals surface area contributed by atoms with E-state index >= 15 is 0 Å². The largest absolute Gasteiger partial charge is 0.480 e. The molecule has 0 radical (unpaired) electrons. The van der Waals surface area contributed by atoms with Crippen LogP contribution < -0.4 is 60.2 Å². The quantitative estimate of drug-likeness (QED) is 0.0197. The summed E-state index contributed by atoms with van der Waals surface area (Å²) in [6.45, 7) is 4.32. The van der Waals surface area contributed by atoms with Gasteiger partial charge in [-0.1, -0.05) is 74.5 Å². The molecule has 9 amide bonds. The number of guanidine groups is 1. The lowest BCUT2D eigenvalue weighted by molar-refractivity contribution is -0.149. The maximum atomic E-state index is 14.1. The van der Waals surface area contributed by atoms with Crippen LogP contribution in [0.3, 0.4) is 0 Å². The van der Waals surface area contributed by atoms with Gasteiger partial charge in [0.05, 0.1) is 19.1 Å². The number of nitrogens with two attached hydrogens (primary N) is 4. The van der Waals surface area contributed by atoms with Crippen molar-refractivity contribution in [3.8, 4) is 0 Å². The third kappa shape index (κ3) is 21.5. The third-order valence-electron chi connectivity index (χ3n) is 12.1. The number of thioether (sulfide) groups is 1. The van der Waals surface area contributed by atoms with Gasteiger partial charge in [0.15, 0.2) is 5.96 Å². The molecule has 3 rings (SSSR count). The van der Waals surface area contributed by atoms with E-state index in [-0.39, 0.29) is 63.5 Å². The Morgan fingerprint density at radius 2 is 1.16 bits per heavy atom. The van der Waals surface area contributed by atoms with Crippen molar-refractivity contribution in [2.24, 2.45) is 33.8 Å². The molecule has 76 heavy (non-hydrogen) atoms. The van der Waals surface area contributed by atoms with Gasteiger partial charge in [0.2, 0.25) is 53.2 Å². The minimum absolute atomic E-state index is 0.0328. The van der Waals surface area contributed by atoms with Gasteiger partial charge in [-0.05, 0) is 74.5 Å². The van der Waals surface area contributed by atoms with Crippen molar-refractivity contribution < 1.29 is 58.2 Å². The number of carboxylic acid groups (broad SMARTS) is 1. The zero-order valence-corrected chi connectivity index (χ0v) is 44.1. The summed E-state index contributed by atoms with van der Waals surface area (Å²) >= 11 is 1.36. The van der Waals surface area contributed by atoms with Crippen LogP contribution in [-0.2, 0) is 60.8 Å². The fourth-order valence-electron chi connectivity index (χ4n) is 8.10. The van der Waals surface area contributed by atoms with Crippen LogP contribution in [0.2, 0.25) is 0 Å². The summed E-state index contributed by atoms with van der Waals surface area (Å²) in [6.07, 6.45) is 2.22. The lowest BCUT2D eigenvalue weighted by atomic mass is 10.0. The van der Waals surface area contributed by atoms with Gasteiger partial charge in [0.1, 0.15) is 48.3 Å². The van der Waals surface area contributed by atoms with Crippen molar-refractivity contribution in [1.29, 1.82) is 0 Å². The van der Waals surface area contributed by atoms with Crippen LogP contribution in [0.4, 0.5) is 0 Å². The van der Waals surface area contributed by atoms with Crippen molar-refractivity contribution in [2.75, 3.05) is 31.7 Å². The maximum Gasteiger partial charge on any atom is 0.326 e. The number of likely N-dealkylation sites (tertiary alicyclic amines) is 1. The molecule has 0 saturated carbocycles. The van der Waals surface area contributed by atoms with Crippen LogP contribution in [0.25, 0.3) is 0 Å². The predicted molar refractivity (Wildman–Crippen MR) is 283 cm³/mol. The molecule has 1 aliphatic heterocycles. The van der Waals surface area contributed by atoms with Crippen LogP contribution in [0.15, 0.2) is 65.7 Å². The Bertz CT molecular complexity index is 2330. The molecule has 418 valence electrons. The lowest BCUT2D eigenvalue weighted by Gasteiger charge is -2.29. The minimum Gasteiger partial charge on any atom is -0.480 e. The summed E-state index contributed by atoms with van der Waals surface area (Å²) in [4.78, 5) is 139. The molecular formula is C50H75N13O12S. The number of aliphatic carboxylic acids is 1. The summed E-state index contributed by atoms with van der Waals surface area (Å²) in [5.41, 5.74) is 23.3. The summed E-state index contributed by atoms with van der Waals surface area (Å²) in [6, 6.07) is 5.25. The highest BCUT2D eigenvalue weighted by molar-refractivity contribution is 7.98. The molecule has 26 heteroatoms. The Hall–Kier alpha value is -7.32. The molecule has 1 saturated heterocycles. The molecule has 2 aromatic carbocycles. The zero-order valence-electron chi connectivity index (χ0n) is 43.3. The number of carboxylic acids is 1. The molecule has 0 aliphatic carbocycles. The highest BCUT2D eigenvalue weighted by atomic mass is 32.2. The van der Waals surface area contributed by atoms with Crippen LogP contribution in [0, 0.1) is 5.92 Å². The van der Waals surface area contributed by atoms with Crippen molar-refractivity contribution in [3.05, 3.63) is 71.8 Å². The standard InChI is InChI=1S/C50H75N13O12S/c1-28(2)23-34(60-43(68)33(19-22-76-4)57-46(71)36(26-40(52)65)59-42(67)32(51)17-11-20-55-50(53)54)44(69)56-29(3)41(66)58-35(24-30-13-7-5-8-14-30)45(70)62-38(27-64)47(72)61-37(25-31-15-9-6-10-16-31)48(73)63-21-12-18-39(63)49(74)75/h5-10,13-16,28-29,32-39,64H,11-12,17-27,51H2,1-4H3,(H2,52,65)(H,56,69)(H,57,71)(H,58,66)(H,59,67)(H,60,68)(H,61,72)(H,62,70)(H,74,75)(H4,53,54,55)/t29-,32-,33-,34-,35-,36-,37-,38-,39-/m0/s1. The van der Waals surface area contributed by atoms with Crippen LogP contribution in [0.1, 0.15) is 76.8 Å². The SMILES string of the molecule is CSCC[C@H](NC(=O)[C@H](CC(N)=O)NC(=O)[C@@H](N)CCCN=C(N)N)C(=O)N[C@@H](CC(C)C)C(=O)N[C@@H](C)C(=O)N[C@@H](Cc1ccccc1)C(=O)N[C@@H](CO)C(=O)N[C@@H](Cc1ccccc1)C(=O)N1CCC[C@H]1C(=O)O. The van der Waals surface area contributed by atoms with Gasteiger partial charge in [-0.3, -0.25) is 48.1 Å². The number of hydrogen-bond acceptors (Lipinski definition) is 14. The van der Waals surface area contributed by atoms with E-state index in [0.29, 0.717) is 29.7 Å². The van der Waals surface area contributed by atoms with E-state index in [9.17, 15) is 58.2 Å². The number of aliphatic imine (C=N–C) groups is 1. The van der Waals surface area contributed by atoms with E-state index in [2.05, 4.69) is 42.2 Å². The molecule has 0 unspecified atom stereocenters. The van der Waals surface area contributed by atoms with Gasteiger partial charge in [-0.25, -0.2) is 4.79 Å². The van der Waals surface area contributed by atoms with Crippen molar-refractivity contribution in [3.63, 3.8) is 0 Å². The number of amides is 9. The number of primary amides is 1. The predicted octanol–water partition coefficient (Wildman–Crippen LogP) is -2.99. The lowest BCUT2D eigenvalue weighted by Crippen LogP contribution is -2.61. The van der Waals surface area contributed by atoms with Gasteiger partial charge < -0.3 is 75.3 Å². The van der Waals surface area contributed by atoms with E-state index in [1.165, 1.54) is 23.6 Å². The number of carbonyl (C=O) groups excluding carboxylic acids is 9. The smallest absolute Gasteiger partial charge is 0.326 e. The highest BCUT2D eigenvalue weighted by Crippen LogP contribution is 2.20. The van der Waals surface area contributed by atoms with Crippen LogP contribution in [-0.4, -0.2) is 166 Å². The molecule has 0 bridgehead atoms. The zero-order chi connectivity index (χ0) is 56.5. The van der Waals surface area contributed by atoms with Crippen LogP contribution in [0.5, 0.6) is 0 Å². The highest BCUT2D eigenvalue weighted by Gasteiger charge is 2.39. The Labute approximate surface area is 446 Å². The fraction of sp³-hybridized carbons (Fsp3) is 0.540. The average molecular weight is 1080 g/mol. The first kappa shape index (κ1) is 63.0. The first-order chi connectivity index (χ1) is 36.0. The second-order valence-electron chi connectivity index (χ2n) is 18.8. The van der Waals surface area contributed by atoms with E-state index < -0.39 is 127 Å². The van der Waals surface area contributed by atoms with Crippen molar-refractivity contribution in [1.82, 2.24) is 42.1 Å². The fourth-order valence-corrected chi connectivity index (χ4v) is 8.57. The number of benzene rings is 2. The Morgan fingerprint density at radius 1 is 0.658 bits per heavy atom. The number of aliphatic hydroxyl groups excluding tert-OH is 1. The van der Waals surface area contributed by atoms with Gasteiger partial charge in [-0.15, -0.1) is 0 Å². The average Bonchev–Trinajstić information content (AvgIpc) is 3.88. The molecule has 9 atom stereocenters. The molecule has 1 heterocycles. The number of hydrogen-bond donors (Lipinski definition) is 13. The maximum absolute atomic E-state index is 14.1. The molecule has 1 fully saturated rings. The molecule has 17 N–H and O–H groups in total. The van der Waals surface area contributed by atoms with Crippen LogP contribution >= 0.6 is 11.8 Å². The van der Waals surface area contributed by atoms with Crippen molar-refractivity contribution in [2.45, 2.75) is 133 Å². The molecule has 0 aromatic heterocycles. The van der Waals surface area contributed by atoms with Gasteiger partial charge in [0, 0.05) is 25.9 Å². The number of nitrogens with one attached hydrogen (secondary N) is 7. The third-order valence-corrected chi connectivity index (χ3v) is 12.8. The summed E-state index contributed by atoms with van der Waals surface area (Å²) < 4.78 is 0. The topological polar surface area (TPSA) is 415 Å². The van der Waals surface area contributed by atoms with E-state index in [4.69, 9.17) is 22.9 Å². The van der Waals surface area contributed by atoms with Crippen molar-refractivity contribution >= 4 is 76.9 Å². The number of rotatable bonds is 32. The minimum atomic E-state index is -1.64. The number of carbonyl (C=O) groups is 10. The molecule has 0 spiro atoms. The Balaban J connectivity index is 1.78. The van der Waals surface area contributed by atoms with Gasteiger partial charge in [-0.2, -0.15) is 11.8 Å². The van der Waals surface area contributed by atoms with Gasteiger partial charge in [0.25, 0.3) is 0 Å². The molecule has 25 nitrogen and oxygen atoms in total. The second-order valence-corrected chi connectivity index (χ2v) is 19.8. The van der Waals surface area contributed by atoms with E-state index in [0.717, 1.165) is 0 Å². The molecule has 2 aromatic rings. The Morgan fingerprint density at radius 3 is 1.71 bits per heavy atom. The number of aliphatic hydroxyl groups is 1.